The smallest absolute Gasteiger partial charge is 0.0129 e. The molecule has 3 N–H and O–H groups in total. The van der Waals surface area contributed by atoms with Crippen LogP contribution in [-0.4, -0.2) is 19.1 Å². The van der Waals surface area contributed by atoms with Gasteiger partial charge in [0.2, 0.25) is 0 Å². The van der Waals surface area contributed by atoms with E-state index >= 15 is 0 Å². The van der Waals surface area contributed by atoms with Gasteiger partial charge in [-0.3, -0.25) is 0 Å². The minimum Gasteiger partial charge on any atom is -0.412 e. The summed E-state index contributed by atoms with van der Waals surface area (Å²) in [4.78, 5) is 0. The largest absolute Gasteiger partial charge is 0.412 e. The van der Waals surface area contributed by atoms with Gasteiger partial charge in [0.1, 0.15) is 0 Å². The first kappa shape index (κ1) is 15.7. The third-order valence-electron chi connectivity index (χ3n) is 0.348. The van der Waals surface area contributed by atoms with Gasteiger partial charge in [0.05, 0.1) is 0 Å². The van der Waals surface area contributed by atoms with Crippen LogP contribution in [0.4, 0.5) is 0 Å². The van der Waals surface area contributed by atoms with Crippen molar-refractivity contribution in [1.29, 1.82) is 0 Å². The van der Waals surface area contributed by atoms with Gasteiger partial charge in [-0.05, 0) is 7.05 Å². The van der Waals surface area contributed by atoms with Gasteiger partial charge >= 0.3 is 0 Å². The van der Waals surface area contributed by atoms with E-state index in [0.717, 1.165) is 6.54 Å². The first-order chi connectivity index (χ1) is 3.41. The highest BCUT2D eigenvalue weighted by Crippen LogP contribution is 1.48. The van der Waals surface area contributed by atoms with E-state index in [1.165, 1.54) is 0 Å². The fourth-order valence-electron chi connectivity index (χ4n) is 0.144. The molecular formula is C6H13NO. The molecule has 8 heavy (non-hydrogen) atoms. The van der Waals surface area contributed by atoms with Crippen LogP contribution in [0.5, 0.6) is 0 Å². The van der Waals surface area contributed by atoms with Crippen LogP contribution in [0.15, 0.2) is 12.7 Å². The number of terminal acetylenes is 1. The standard InChI is InChI=1S/C4H9N.C2H2.H2O/c1-3-4-5-2;1-2;/h3,5H,1,4H2,2H3;1-2H;1H2. The Balaban J connectivity index is -0.0000000750. The number of nitrogens with one attached hydrogen (secondary N) is 1. The Morgan fingerprint density at radius 1 is 1.62 bits per heavy atom. The molecule has 0 unspecified atom stereocenters. The molecule has 0 aliphatic heterocycles. The maximum absolute atomic E-state index is 4.00. The van der Waals surface area contributed by atoms with E-state index in [1.807, 2.05) is 13.1 Å². The summed E-state index contributed by atoms with van der Waals surface area (Å²) < 4.78 is 0. The fourth-order valence-corrected chi connectivity index (χ4v) is 0.144. The second kappa shape index (κ2) is 34.4. The number of hydrogen-bond acceptors (Lipinski definition) is 1. The SMILES string of the molecule is C#C.C=CCNC.O. The van der Waals surface area contributed by atoms with Gasteiger partial charge in [-0.15, -0.1) is 19.4 Å². The lowest BCUT2D eigenvalue weighted by molar-refractivity contribution is 0.824. The van der Waals surface area contributed by atoms with Gasteiger partial charge in [0.25, 0.3) is 0 Å². The van der Waals surface area contributed by atoms with Crippen LogP contribution in [0, 0.1) is 12.8 Å². The van der Waals surface area contributed by atoms with Crippen molar-refractivity contribution in [3.8, 4) is 12.8 Å². The summed E-state index contributed by atoms with van der Waals surface area (Å²) in [7, 11) is 1.89. The van der Waals surface area contributed by atoms with E-state index in [1.54, 1.807) is 0 Å². The maximum atomic E-state index is 4.00. The zero-order chi connectivity index (χ0) is 6.12. The summed E-state index contributed by atoms with van der Waals surface area (Å²) >= 11 is 0. The van der Waals surface area contributed by atoms with E-state index in [-0.39, 0.29) is 5.48 Å². The van der Waals surface area contributed by atoms with E-state index in [0.29, 0.717) is 0 Å². The normalized spacial score (nSPS) is 4.88. The van der Waals surface area contributed by atoms with Crippen LogP contribution in [0.25, 0.3) is 0 Å². The summed E-state index contributed by atoms with van der Waals surface area (Å²) in [6, 6.07) is 0. The summed E-state index contributed by atoms with van der Waals surface area (Å²) in [5, 5.41) is 2.90. The Labute approximate surface area is 50.9 Å². The summed E-state index contributed by atoms with van der Waals surface area (Å²) in [5.74, 6) is 0. The Morgan fingerprint density at radius 3 is 2.00 bits per heavy atom. The molecule has 2 nitrogen and oxygen atoms in total. The Bertz CT molecular complexity index is 49.7. The quantitative estimate of drug-likeness (QED) is 0.393. The predicted molar refractivity (Wildman–Crippen MR) is 37.6 cm³/mol. The summed E-state index contributed by atoms with van der Waals surface area (Å²) in [5.41, 5.74) is 0. The van der Waals surface area contributed by atoms with E-state index in [9.17, 15) is 0 Å². The topological polar surface area (TPSA) is 43.5 Å². The molecule has 0 saturated carbocycles. The lowest BCUT2D eigenvalue weighted by atomic mass is 10.6. The van der Waals surface area contributed by atoms with Crippen molar-refractivity contribution in [1.82, 2.24) is 5.32 Å². The highest BCUT2D eigenvalue weighted by Gasteiger charge is 1.56. The Kier molecular flexibility index (Phi) is 67.4. The van der Waals surface area contributed by atoms with Crippen LogP contribution >= 0.6 is 0 Å². The minimum absolute atomic E-state index is 0. The molecule has 0 spiro atoms. The second-order valence-corrected chi connectivity index (χ2v) is 0.846. The van der Waals surface area contributed by atoms with Crippen LogP contribution in [0.1, 0.15) is 0 Å². The zero-order valence-electron chi connectivity index (χ0n) is 5.15. The number of hydrogen-bond donors (Lipinski definition) is 1. The van der Waals surface area contributed by atoms with Gasteiger partial charge in [-0.25, -0.2) is 0 Å². The van der Waals surface area contributed by atoms with Gasteiger partial charge in [0, 0.05) is 6.54 Å². The Morgan fingerprint density at radius 2 is 2.00 bits per heavy atom. The lowest BCUT2D eigenvalue weighted by Crippen LogP contribution is -2.02. The van der Waals surface area contributed by atoms with Crippen molar-refractivity contribution in [2.24, 2.45) is 0 Å². The van der Waals surface area contributed by atoms with Crippen molar-refractivity contribution in [2.45, 2.75) is 0 Å². The van der Waals surface area contributed by atoms with Gasteiger partial charge in [-0.2, -0.15) is 0 Å². The van der Waals surface area contributed by atoms with Crippen molar-refractivity contribution in [3.05, 3.63) is 12.7 Å². The molecule has 0 aromatic carbocycles. The maximum Gasteiger partial charge on any atom is 0.0129 e. The van der Waals surface area contributed by atoms with Crippen LogP contribution in [-0.2, 0) is 0 Å². The van der Waals surface area contributed by atoms with E-state index in [4.69, 9.17) is 0 Å². The van der Waals surface area contributed by atoms with Crippen LogP contribution < -0.4 is 5.32 Å². The number of rotatable bonds is 2. The van der Waals surface area contributed by atoms with Crippen LogP contribution in [0.3, 0.4) is 0 Å². The molecule has 0 aromatic rings. The van der Waals surface area contributed by atoms with E-state index in [2.05, 4.69) is 24.7 Å². The molecule has 2 heteroatoms. The van der Waals surface area contributed by atoms with Crippen LogP contribution in [0.2, 0.25) is 0 Å². The third-order valence-corrected chi connectivity index (χ3v) is 0.348. The molecule has 48 valence electrons. The molecule has 0 bridgehead atoms. The lowest BCUT2D eigenvalue weighted by Gasteiger charge is -1.79. The van der Waals surface area contributed by atoms with Gasteiger partial charge in [0.15, 0.2) is 0 Å². The molecule has 0 aliphatic carbocycles. The van der Waals surface area contributed by atoms with Crippen molar-refractivity contribution in [3.63, 3.8) is 0 Å². The summed E-state index contributed by atoms with van der Waals surface area (Å²) in [6.07, 6.45) is 9.82. The molecule has 0 rings (SSSR count). The van der Waals surface area contributed by atoms with E-state index < -0.39 is 0 Å². The van der Waals surface area contributed by atoms with Crippen molar-refractivity contribution < 1.29 is 5.48 Å². The molecule has 0 aliphatic rings. The molecule has 0 saturated heterocycles. The average Bonchev–Trinajstić information content (AvgIpc) is 1.75. The molecular weight excluding hydrogens is 102 g/mol. The molecule has 0 atom stereocenters. The highest BCUT2D eigenvalue weighted by molar-refractivity contribution is 4.66. The molecule has 0 aromatic heterocycles. The predicted octanol–water partition coefficient (Wildman–Crippen LogP) is -0.184. The highest BCUT2D eigenvalue weighted by atomic mass is 16.0. The molecule has 0 fully saturated rings. The van der Waals surface area contributed by atoms with Gasteiger partial charge < -0.3 is 10.8 Å². The number of likely N-dealkylation sites (N-methyl/N-ethyl adjacent to an activating group) is 1. The molecule has 0 radical (unpaired) electrons. The Hall–Kier alpha value is -0.780. The first-order valence-corrected chi connectivity index (χ1v) is 2.00. The zero-order valence-corrected chi connectivity index (χ0v) is 5.15. The third kappa shape index (κ3) is 62.5. The second-order valence-electron chi connectivity index (χ2n) is 0.846. The molecule has 0 amide bonds. The fraction of sp³-hybridized carbons (Fsp3) is 0.333. The van der Waals surface area contributed by atoms with Crippen molar-refractivity contribution >= 4 is 0 Å². The summed E-state index contributed by atoms with van der Waals surface area (Å²) in [6.45, 7) is 4.39. The minimum atomic E-state index is 0. The average molecular weight is 115 g/mol. The molecule has 0 heterocycles. The van der Waals surface area contributed by atoms with Gasteiger partial charge in [-0.1, -0.05) is 6.08 Å². The first-order valence-electron chi connectivity index (χ1n) is 2.00. The monoisotopic (exact) mass is 115 g/mol. The van der Waals surface area contributed by atoms with Crippen molar-refractivity contribution in [2.75, 3.05) is 13.6 Å².